The average molecular weight is 456 g/mol. The molecule has 0 spiro atoms. The van der Waals surface area contributed by atoms with E-state index in [1.807, 2.05) is 12.1 Å². The molecule has 0 unspecified atom stereocenters. The number of hydrogen-bond acceptors (Lipinski definition) is 6. The van der Waals surface area contributed by atoms with E-state index >= 15 is 0 Å². The van der Waals surface area contributed by atoms with Crippen LogP contribution in [-0.4, -0.2) is 31.4 Å². The summed E-state index contributed by atoms with van der Waals surface area (Å²) in [6.07, 6.45) is 2.99. The third-order valence-corrected chi connectivity index (χ3v) is 5.40. The molecule has 31 heavy (non-hydrogen) atoms. The zero-order valence-electron chi connectivity index (χ0n) is 16.5. The van der Waals surface area contributed by atoms with Crippen molar-refractivity contribution in [3.63, 3.8) is 0 Å². The topological polar surface area (TPSA) is 81.7 Å². The van der Waals surface area contributed by atoms with E-state index in [0.717, 1.165) is 22.6 Å². The van der Waals surface area contributed by atoms with E-state index in [2.05, 4.69) is 5.32 Å². The highest BCUT2D eigenvalue weighted by molar-refractivity contribution is 7.18. The van der Waals surface area contributed by atoms with Crippen LogP contribution in [0.2, 0.25) is 4.34 Å². The van der Waals surface area contributed by atoms with Gasteiger partial charge in [0, 0.05) is 6.08 Å². The maximum Gasteiger partial charge on any atom is 0.340 e. The number of thiophene rings is 1. The van der Waals surface area contributed by atoms with Crippen LogP contribution >= 0.6 is 22.9 Å². The van der Waals surface area contributed by atoms with Gasteiger partial charge in [0.05, 0.1) is 27.6 Å². The number of Topliss-reactive ketones (excluding diaryl/α,β-unsaturated/α-hetero) is 1. The van der Waals surface area contributed by atoms with Gasteiger partial charge >= 0.3 is 5.97 Å². The van der Waals surface area contributed by atoms with Crippen molar-refractivity contribution in [2.45, 2.75) is 0 Å². The summed E-state index contributed by atoms with van der Waals surface area (Å²) in [5, 5.41) is 2.66. The van der Waals surface area contributed by atoms with Crippen molar-refractivity contribution in [2.24, 2.45) is 0 Å². The molecular weight excluding hydrogens is 438 g/mol. The monoisotopic (exact) mass is 455 g/mol. The number of carbonyl (C=O) groups is 3. The Balaban J connectivity index is 1.62. The lowest BCUT2D eigenvalue weighted by molar-refractivity contribution is -0.111. The minimum absolute atomic E-state index is 0.144. The summed E-state index contributed by atoms with van der Waals surface area (Å²) >= 11 is 6.93. The predicted molar refractivity (Wildman–Crippen MR) is 121 cm³/mol. The molecule has 0 radical (unpaired) electrons. The summed E-state index contributed by atoms with van der Waals surface area (Å²) in [6.45, 7) is -0.421. The molecule has 0 atom stereocenters. The van der Waals surface area contributed by atoms with Gasteiger partial charge in [-0.2, -0.15) is 0 Å². The van der Waals surface area contributed by atoms with Crippen molar-refractivity contribution in [1.82, 2.24) is 0 Å². The fourth-order valence-electron chi connectivity index (χ4n) is 2.58. The molecule has 1 N–H and O–H groups in total. The molecule has 0 saturated heterocycles. The van der Waals surface area contributed by atoms with Crippen LogP contribution < -0.4 is 10.1 Å². The van der Waals surface area contributed by atoms with Crippen molar-refractivity contribution < 1.29 is 23.9 Å². The van der Waals surface area contributed by atoms with E-state index in [-0.39, 0.29) is 17.0 Å². The standard InChI is InChI=1S/C23H18ClNO5S/c1-29-16-9-6-15(7-10-16)8-13-22(27)25-18-5-3-2-4-17(18)23(28)30-14-19(26)20-11-12-21(24)31-20/h2-13H,14H2,1H3,(H,25,27)/b13-8+. The first-order valence-electron chi connectivity index (χ1n) is 9.14. The van der Waals surface area contributed by atoms with Crippen LogP contribution in [-0.2, 0) is 9.53 Å². The molecule has 0 aliphatic heterocycles. The Morgan fingerprint density at radius 2 is 1.77 bits per heavy atom. The van der Waals surface area contributed by atoms with Gasteiger partial charge in [-0.05, 0) is 48.0 Å². The van der Waals surface area contributed by atoms with Crippen LogP contribution in [0.5, 0.6) is 5.75 Å². The summed E-state index contributed by atoms with van der Waals surface area (Å²) in [5.41, 5.74) is 1.24. The third-order valence-electron chi connectivity index (χ3n) is 4.13. The van der Waals surface area contributed by atoms with Crippen molar-refractivity contribution in [1.29, 1.82) is 0 Å². The number of carbonyl (C=O) groups excluding carboxylic acids is 3. The normalized spacial score (nSPS) is 10.6. The Kier molecular flexibility index (Phi) is 7.59. The molecule has 1 heterocycles. The number of ketones is 1. The van der Waals surface area contributed by atoms with Crippen LogP contribution in [0.4, 0.5) is 5.69 Å². The highest BCUT2D eigenvalue weighted by Crippen LogP contribution is 2.22. The molecule has 8 heteroatoms. The van der Waals surface area contributed by atoms with Gasteiger partial charge in [0.1, 0.15) is 5.75 Å². The second-order valence-corrected chi connectivity index (χ2v) is 7.96. The zero-order chi connectivity index (χ0) is 22.2. The fourth-order valence-corrected chi connectivity index (χ4v) is 3.54. The summed E-state index contributed by atoms with van der Waals surface area (Å²) in [5.74, 6) is -0.768. The lowest BCUT2D eigenvalue weighted by Gasteiger charge is -2.09. The SMILES string of the molecule is COc1ccc(/C=C/C(=O)Nc2ccccc2C(=O)OCC(=O)c2ccc(Cl)s2)cc1. The highest BCUT2D eigenvalue weighted by atomic mass is 35.5. The van der Waals surface area contributed by atoms with E-state index in [1.54, 1.807) is 55.7 Å². The third kappa shape index (κ3) is 6.28. The molecule has 2 aromatic carbocycles. The van der Waals surface area contributed by atoms with E-state index < -0.39 is 18.5 Å². The Labute approximate surface area is 188 Å². The Bertz CT molecular complexity index is 1120. The van der Waals surface area contributed by atoms with Gasteiger partial charge < -0.3 is 14.8 Å². The van der Waals surface area contributed by atoms with Crippen LogP contribution in [0.1, 0.15) is 25.6 Å². The van der Waals surface area contributed by atoms with Crippen LogP contribution in [0, 0.1) is 0 Å². The maximum absolute atomic E-state index is 12.4. The molecule has 0 bridgehead atoms. The number of esters is 1. The number of amides is 1. The van der Waals surface area contributed by atoms with Crippen LogP contribution in [0.25, 0.3) is 6.08 Å². The summed E-state index contributed by atoms with van der Waals surface area (Å²) < 4.78 is 10.7. The lowest BCUT2D eigenvalue weighted by Crippen LogP contribution is -2.16. The Hall–Kier alpha value is -3.42. The number of anilines is 1. The summed E-state index contributed by atoms with van der Waals surface area (Å²) in [6, 6.07) is 16.8. The summed E-state index contributed by atoms with van der Waals surface area (Å²) in [7, 11) is 1.58. The second kappa shape index (κ2) is 10.6. The van der Waals surface area contributed by atoms with Gasteiger partial charge in [-0.3, -0.25) is 9.59 Å². The van der Waals surface area contributed by atoms with Gasteiger partial charge in [0.2, 0.25) is 11.7 Å². The van der Waals surface area contributed by atoms with E-state index in [0.29, 0.717) is 9.21 Å². The number of hydrogen-bond donors (Lipinski definition) is 1. The van der Waals surface area contributed by atoms with E-state index in [9.17, 15) is 14.4 Å². The van der Waals surface area contributed by atoms with Gasteiger partial charge in [-0.25, -0.2) is 4.79 Å². The molecule has 0 fully saturated rings. The number of para-hydroxylation sites is 1. The molecule has 3 rings (SSSR count). The second-order valence-electron chi connectivity index (χ2n) is 6.24. The average Bonchev–Trinajstić information content (AvgIpc) is 3.23. The number of rotatable bonds is 8. The predicted octanol–water partition coefficient (Wildman–Crippen LogP) is 5.10. The molecule has 1 aromatic heterocycles. The molecule has 158 valence electrons. The van der Waals surface area contributed by atoms with Crippen molar-refractivity contribution in [3.8, 4) is 5.75 Å². The minimum atomic E-state index is -0.717. The smallest absolute Gasteiger partial charge is 0.340 e. The number of methoxy groups -OCH3 is 1. The largest absolute Gasteiger partial charge is 0.497 e. The molecule has 0 aliphatic rings. The van der Waals surface area contributed by atoms with Crippen LogP contribution in [0.15, 0.2) is 66.7 Å². The molecule has 0 aliphatic carbocycles. The molecule has 3 aromatic rings. The first-order valence-corrected chi connectivity index (χ1v) is 10.3. The zero-order valence-corrected chi connectivity index (χ0v) is 18.0. The van der Waals surface area contributed by atoms with Gasteiger partial charge in [0.25, 0.3) is 0 Å². The lowest BCUT2D eigenvalue weighted by atomic mass is 10.1. The van der Waals surface area contributed by atoms with E-state index in [1.165, 1.54) is 12.1 Å². The first kappa shape index (κ1) is 22.3. The van der Waals surface area contributed by atoms with Crippen molar-refractivity contribution >= 4 is 52.4 Å². The molecule has 6 nitrogen and oxygen atoms in total. The Morgan fingerprint density at radius 3 is 2.45 bits per heavy atom. The summed E-state index contributed by atoms with van der Waals surface area (Å²) in [4.78, 5) is 37.3. The van der Waals surface area contributed by atoms with Crippen molar-refractivity contribution in [3.05, 3.63) is 87.1 Å². The van der Waals surface area contributed by atoms with Gasteiger partial charge in [-0.1, -0.05) is 35.9 Å². The first-order chi connectivity index (χ1) is 15.0. The fraction of sp³-hybridized carbons (Fsp3) is 0.0870. The van der Waals surface area contributed by atoms with Gasteiger partial charge in [0.15, 0.2) is 6.61 Å². The number of benzene rings is 2. The Morgan fingerprint density at radius 1 is 1.03 bits per heavy atom. The molecular formula is C23H18ClNO5S. The minimum Gasteiger partial charge on any atom is -0.497 e. The molecule has 1 amide bonds. The number of halogens is 1. The maximum atomic E-state index is 12.4. The quantitative estimate of drug-likeness (QED) is 0.290. The van der Waals surface area contributed by atoms with Crippen molar-refractivity contribution in [2.75, 3.05) is 19.0 Å². The molecule has 0 saturated carbocycles. The van der Waals surface area contributed by atoms with Crippen LogP contribution in [0.3, 0.4) is 0 Å². The number of nitrogens with one attached hydrogen (secondary N) is 1. The number of ether oxygens (including phenoxy) is 2. The van der Waals surface area contributed by atoms with Gasteiger partial charge in [-0.15, -0.1) is 11.3 Å². The highest BCUT2D eigenvalue weighted by Gasteiger charge is 2.17. The van der Waals surface area contributed by atoms with E-state index in [4.69, 9.17) is 21.1 Å².